The minimum Gasteiger partial charge on any atom is -0.493 e. The van der Waals surface area contributed by atoms with Gasteiger partial charge in [0.2, 0.25) is 0 Å². The molecule has 1 heterocycles. The minimum atomic E-state index is 0.641. The quantitative estimate of drug-likeness (QED) is 0.890. The van der Waals surface area contributed by atoms with Crippen molar-refractivity contribution < 1.29 is 4.74 Å². The number of nitrogens with zero attached hydrogens (tertiary/aromatic N) is 1. The van der Waals surface area contributed by atoms with Crippen molar-refractivity contribution in [2.75, 3.05) is 31.1 Å². The molecule has 0 aliphatic carbocycles. The van der Waals surface area contributed by atoms with Crippen LogP contribution < -0.4 is 15.4 Å². The monoisotopic (exact) mass is 296 g/mol. The summed E-state index contributed by atoms with van der Waals surface area (Å²) in [5.41, 5.74) is 8.33. The molecule has 1 unspecified atom stereocenters. The Morgan fingerprint density at radius 1 is 1.05 bits per heavy atom. The van der Waals surface area contributed by atoms with Gasteiger partial charge in [0.05, 0.1) is 6.61 Å². The van der Waals surface area contributed by atoms with Crippen molar-refractivity contribution >= 4 is 5.69 Å². The second kappa shape index (κ2) is 7.32. The molecule has 0 spiro atoms. The van der Waals surface area contributed by atoms with E-state index >= 15 is 0 Å². The van der Waals surface area contributed by atoms with Gasteiger partial charge in [-0.2, -0.15) is 0 Å². The predicted octanol–water partition coefficient (Wildman–Crippen LogP) is 3.09. The predicted molar refractivity (Wildman–Crippen MR) is 91.5 cm³/mol. The van der Waals surface area contributed by atoms with Crippen molar-refractivity contribution in [1.29, 1.82) is 0 Å². The summed E-state index contributed by atoms with van der Waals surface area (Å²) in [6.07, 6.45) is 2.14. The molecule has 3 nitrogen and oxygen atoms in total. The van der Waals surface area contributed by atoms with Crippen LogP contribution in [-0.4, -0.2) is 26.2 Å². The van der Waals surface area contributed by atoms with Crippen LogP contribution >= 0.6 is 0 Å². The Bertz CT molecular complexity index is 568. The summed E-state index contributed by atoms with van der Waals surface area (Å²) in [7, 11) is 0. The normalized spacial score (nSPS) is 17.7. The van der Waals surface area contributed by atoms with Crippen LogP contribution in [0.3, 0.4) is 0 Å². The van der Waals surface area contributed by atoms with E-state index < -0.39 is 0 Å². The number of benzene rings is 2. The molecule has 0 amide bonds. The Hall–Kier alpha value is -2.00. The summed E-state index contributed by atoms with van der Waals surface area (Å²) in [4.78, 5) is 2.41. The van der Waals surface area contributed by atoms with E-state index in [0.29, 0.717) is 12.5 Å². The van der Waals surface area contributed by atoms with Crippen molar-refractivity contribution in [3.8, 4) is 5.75 Å². The molecule has 3 rings (SSSR count). The highest BCUT2D eigenvalue weighted by molar-refractivity contribution is 5.49. The summed E-state index contributed by atoms with van der Waals surface area (Å²) in [6, 6.07) is 18.9. The SMILES string of the molecule is NCC1CCN(c2ccc(OCCc3ccccc3)cc2)C1. The maximum atomic E-state index is 5.83. The maximum Gasteiger partial charge on any atom is 0.119 e. The molecule has 116 valence electrons. The minimum absolute atomic E-state index is 0.641. The van der Waals surface area contributed by atoms with Gasteiger partial charge in [0.25, 0.3) is 0 Å². The van der Waals surface area contributed by atoms with Crippen molar-refractivity contribution in [2.45, 2.75) is 12.8 Å². The lowest BCUT2D eigenvalue weighted by Gasteiger charge is -2.19. The molecule has 2 N–H and O–H groups in total. The van der Waals surface area contributed by atoms with Gasteiger partial charge in [-0.15, -0.1) is 0 Å². The van der Waals surface area contributed by atoms with Crippen LogP contribution in [0.4, 0.5) is 5.69 Å². The number of rotatable bonds is 6. The molecule has 0 aromatic heterocycles. The first kappa shape index (κ1) is 14.9. The molecule has 2 aromatic rings. The molecular formula is C19H24N2O. The molecule has 1 atom stereocenters. The number of ether oxygens (including phenoxy) is 1. The summed E-state index contributed by atoms with van der Waals surface area (Å²) >= 11 is 0. The fourth-order valence-electron chi connectivity index (χ4n) is 2.94. The molecule has 1 saturated heterocycles. The van der Waals surface area contributed by atoms with Crippen LogP contribution in [0.5, 0.6) is 5.75 Å². The van der Waals surface area contributed by atoms with Crippen LogP contribution in [0, 0.1) is 5.92 Å². The molecule has 3 heteroatoms. The summed E-state index contributed by atoms with van der Waals surface area (Å²) < 4.78 is 5.83. The molecule has 0 bridgehead atoms. The Morgan fingerprint density at radius 2 is 1.82 bits per heavy atom. The molecule has 2 aromatic carbocycles. The summed E-state index contributed by atoms with van der Waals surface area (Å²) in [6.45, 7) is 3.68. The van der Waals surface area contributed by atoms with Gasteiger partial charge >= 0.3 is 0 Å². The largest absolute Gasteiger partial charge is 0.493 e. The number of hydrogen-bond acceptors (Lipinski definition) is 3. The number of hydrogen-bond donors (Lipinski definition) is 1. The van der Waals surface area contributed by atoms with Gasteiger partial charge in [0, 0.05) is 25.2 Å². The highest BCUT2D eigenvalue weighted by Crippen LogP contribution is 2.25. The van der Waals surface area contributed by atoms with Gasteiger partial charge in [-0.3, -0.25) is 0 Å². The van der Waals surface area contributed by atoms with Crippen LogP contribution in [-0.2, 0) is 6.42 Å². The molecule has 0 radical (unpaired) electrons. The van der Waals surface area contributed by atoms with Crippen molar-refractivity contribution in [1.82, 2.24) is 0 Å². The second-order valence-corrected chi connectivity index (χ2v) is 5.91. The molecule has 22 heavy (non-hydrogen) atoms. The first-order valence-corrected chi connectivity index (χ1v) is 8.07. The van der Waals surface area contributed by atoms with E-state index in [9.17, 15) is 0 Å². The Morgan fingerprint density at radius 3 is 2.50 bits per heavy atom. The zero-order chi connectivity index (χ0) is 15.2. The van der Waals surface area contributed by atoms with Crippen molar-refractivity contribution in [3.63, 3.8) is 0 Å². The maximum absolute atomic E-state index is 5.83. The van der Waals surface area contributed by atoms with E-state index in [-0.39, 0.29) is 0 Å². The third-order valence-electron chi connectivity index (χ3n) is 4.32. The van der Waals surface area contributed by atoms with Crippen LogP contribution in [0.2, 0.25) is 0 Å². The van der Waals surface area contributed by atoms with E-state index in [1.807, 2.05) is 6.07 Å². The fraction of sp³-hybridized carbons (Fsp3) is 0.368. The highest BCUT2D eigenvalue weighted by Gasteiger charge is 2.21. The van der Waals surface area contributed by atoms with Gasteiger partial charge in [-0.05, 0) is 48.7 Å². The topological polar surface area (TPSA) is 38.5 Å². The van der Waals surface area contributed by atoms with Gasteiger partial charge in [-0.25, -0.2) is 0 Å². The smallest absolute Gasteiger partial charge is 0.119 e. The first-order valence-electron chi connectivity index (χ1n) is 8.07. The van der Waals surface area contributed by atoms with E-state index in [0.717, 1.165) is 31.8 Å². The van der Waals surface area contributed by atoms with Crippen molar-refractivity contribution in [3.05, 3.63) is 60.2 Å². The van der Waals surface area contributed by atoms with Gasteiger partial charge in [0.15, 0.2) is 0 Å². The average molecular weight is 296 g/mol. The third-order valence-corrected chi connectivity index (χ3v) is 4.32. The molecule has 1 aliphatic heterocycles. The zero-order valence-corrected chi connectivity index (χ0v) is 12.9. The Balaban J connectivity index is 1.49. The highest BCUT2D eigenvalue weighted by atomic mass is 16.5. The lowest BCUT2D eigenvalue weighted by molar-refractivity contribution is 0.322. The average Bonchev–Trinajstić information content (AvgIpc) is 3.06. The van der Waals surface area contributed by atoms with E-state index in [1.165, 1.54) is 17.7 Å². The fourth-order valence-corrected chi connectivity index (χ4v) is 2.94. The molecule has 1 aliphatic rings. The Labute approximate surface area is 132 Å². The number of anilines is 1. The first-order chi connectivity index (χ1) is 10.8. The van der Waals surface area contributed by atoms with Crippen LogP contribution in [0.1, 0.15) is 12.0 Å². The second-order valence-electron chi connectivity index (χ2n) is 5.91. The lowest BCUT2D eigenvalue weighted by Crippen LogP contribution is -2.22. The standard InChI is InChI=1S/C19H24N2O/c20-14-17-10-12-21(15-17)18-6-8-19(9-7-18)22-13-11-16-4-2-1-3-5-16/h1-9,17H,10-15,20H2. The summed E-state index contributed by atoms with van der Waals surface area (Å²) in [5, 5.41) is 0. The van der Waals surface area contributed by atoms with Gasteiger partial charge in [-0.1, -0.05) is 30.3 Å². The molecule has 1 fully saturated rings. The third kappa shape index (κ3) is 3.80. The summed E-state index contributed by atoms with van der Waals surface area (Å²) in [5.74, 6) is 1.58. The van der Waals surface area contributed by atoms with E-state index in [4.69, 9.17) is 10.5 Å². The van der Waals surface area contributed by atoms with E-state index in [1.54, 1.807) is 0 Å². The van der Waals surface area contributed by atoms with Crippen LogP contribution in [0.25, 0.3) is 0 Å². The van der Waals surface area contributed by atoms with Crippen molar-refractivity contribution in [2.24, 2.45) is 11.7 Å². The Kier molecular flexibility index (Phi) is 4.96. The van der Waals surface area contributed by atoms with Crippen LogP contribution in [0.15, 0.2) is 54.6 Å². The molecule has 0 saturated carbocycles. The number of nitrogens with two attached hydrogens (primary N) is 1. The van der Waals surface area contributed by atoms with E-state index in [2.05, 4.69) is 53.4 Å². The zero-order valence-electron chi connectivity index (χ0n) is 12.9. The van der Waals surface area contributed by atoms with Gasteiger partial charge < -0.3 is 15.4 Å². The lowest BCUT2D eigenvalue weighted by atomic mass is 10.1. The van der Waals surface area contributed by atoms with Gasteiger partial charge in [0.1, 0.15) is 5.75 Å². The molecular weight excluding hydrogens is 272 g/mol.